The van der Waals surface area contributed by atoms with Crippen LogP contribution in [0.15, 0.2) is 29.3 Å². The third kappa shape index (κ3) is 6.65. The number of morpholine rings is 1. The first kappa shape index (κ1) is 20.2. The lowest BCUT2D eigenvalue weighted by Crippen LogP contribution is -2.44. The van der Waals surface area contributed by atoms with Crippen molar-refractivity contribution >= 4 is 11.9 Å². The molecule has 0 saturated carbocycles. The van der Waals surface area contributed by atoms with Crippen molar-refractivity contribution in [2.45, 2.75) is 13.5 Å². The van der Waals surface area contributed by atoms with E-state index in [0.717, 1.165) is 57.5 Å². The largest absolute Gasteiger partial charge is 0.379 e. The molecule has 0 spiro atoms. The molecule has 0 atom stereocenters. The van der Waals surface area contributed by atoms with Crippen molar-refractivity contribution < 1.29 is 9.53 Å². The van der Waals surface area contributed by atoms with Gasteiger partial charge in [0, 0.05) is 52.4 Å². The topological polar surface area (TPSA) is 69.2 Å². The highest BCUT2D eigenvalue weighted by Gasteiger charge is 2.10. The third-order valence-electron chi connectivity index (χ3n) is 4.20. The number of hydrogen-bond acceptors (Lipinski definition) is 4. The Labute approximate surface area is 156 Å². The smallest absolute Gasteiger partial charge is 0.253 e. The number of rotatable bonds is 7. The molecule has 0 aliphatic carbocycles. The first-order valence-electron chi connectivity index (χ1n) is 9.23. The lowest BCUT2D eigenvalue weighted by atomic mass is 10.1. The molecular formula is C19H31N5O2. The molecule has 0 aromatic heterocycles. The fraction of sp³-hybridized carbons (Fsp3) is 0.579. The van der Waals surface area contributed by atoms with E-state index in [1.54, 1.807) is 19.0 Å². The van der Waals surface area contributed by atoms with Gasteiger partial charge >= 0.3 is 0 Å². The summed E-state index contributed by atoms with van der Waals surface area (Å²) in [6, 6.07) is 7.62. The van der Waals surface area contributed by atoms with Crippen molar-refractivity contribution in [3.8, 4) is 0 Å². The molecule has 0 bridgehead atoms. The number of amides is 1. The van der Waals surface area contributed by atoms with Gasteiger partial charge in [0.2, 0.25) is 0 Å². The minimum Gasteiger partial charge on any atom is -0.379 e. The molecule has 144 valence electrons. The normalized spacial score (nSPS) is 15.6. The predicted molar refractivity (Wildman–Crippen MR) is 105 cm³/mol. The lowest BCUT2D eigenvalue weighted by Gasteiger charge is -2.26. The van der Waals surface area contributed by atoms with E-state index in [9.17, 15) is 4.79 Å². The number of nitrogens with zero attached hydrogens (tertiary/aromatic N) is 3. The summed E-state index contributed by atoms with van der Waals surface area (Å²) in [5.41, 5.74) is 1.77. The SMILES string of the molecule is CCNC(=NCc1ccc(C(=O)N(C)C)cc1)NCCN1CCOCC1. The van der Waals surface area contributed by atoms with Gasteiger partial charge in [0.25, 0.3) is 5.91 Å². The van der Waals surface area contributed by atoms with Crippen LogP contribution < -0.4 is 10.6 Å². The molecule has 0 unspecified atom stereocenters. The van der Waals surface area contributed by atoms with E-state index in [1.165, 1.54) is 0 Å². The van der Waals surface area contributed by atoms with Crippen LogP contribution in [-0.2, 0) is 11.3 Å². The molecule has 1 aromatic rings. The average molecular weight is 361 g/mol. The zero-order valence-electron chi connectivity index (χ0n) is 16.1. The second kappa shape index (κ2) is 10.8. The first-order valence-corrected chi connectivity index (χ1v) is 9.23. The van der Waals surface area contributed by atoms with Crippen molar-refractivity contribution in [2.75, 3.05) is 60.0 Å². The van der Waals surface area contributed by atoms with E-state index in [0.29, 0.717) is 12.1 Å². The summed E-state index contributed by atoms with van der Waals surface area (Å²) in [5.74, 6) is 0.826. The van der Waals surface area contributed by atoms with Crippen LogP contribution in [0.4, 0.5) is 0 Å². The van der Waals surface area contributed by atoms with Crippen LogP contribution in [0.2, 0.25) is 0 Å². The zero-order chi connectivity index (χ0) is 18.8. The Bertz CT molecular complexity index is 580. The summed E-state index contributed by atoms with van der Waals surface area (Å²) in [4.78, 5) is 20.5. The number of carbonyl (C=O) groups excluding carboxylic acids is 1. The average Bonchev–Trinajstić information content (AvgIpc) is 2.66. The molecule has 26 heavy (non-hydrogen) atoms. The fourth-order valence-electron chi connectivity index (χ4n) is 2.68. The van der Waals surface area contributed by atoms with Crippen LogP contribution in [0.1, 0.15) is 22.8 Å². The second-order valence-corrected chi connectivity index (χ2v) is 6.47. The van der Waals surface area contributed by atoms with Gasteiger partial charge in [0.05, 0.1) is 19.8 Å². The third-order valence-corrected chi connectivity index (χ3v) is 4.20. The van der Waals surface area contributed by atoms with E-state index in [2.05, 4.69) is 27.4 Å². The van der Waals surface area contributed by atoms with Crippen LogP contribution >= 0.6 is 0 Å². The summed E-state index contributed by atoms with van der Waals surface area (Å²) in [5, 5.41) is 6.65. The molecular weight excluding hydrogens is 330 g/mol. The molecule has 1 saturated heterocycles. The second-order valence-electron chi connectivity index (χ2n) is 6.47. The predicted octanol–water partition coefficient (Wildman–Crippen LogP) is 0.776. The summed E-state index contributed by atoms with van der Waals surface area (Å²) >= 11 is 0. The van der Waals surface area contributed by atoms with Crippen LogP contribution in [0, 0.1) is 0 Å². The number of ether oxygens (including phenoxy) is 1. The molecule has 1 fully saturated rings. The highest BCUT2D eigenvalue weighted by molar-refractivity contribution is 5.93. The molecule has 7 nitrogen and oxygen atoms in total. The van der Waals surface area contributed by atoms with Gasteiger partial charge < -0.3 is 20.3 Å². The van der Waals surface area contributed by atoms with Crippen LogP contribution in [0.25, 0.3) is 0 Å². The molecule has 0 radical (unpaired) electrons. The quantitative estimate of drug-likeness (QED) is 0.555. The van der Waals surface area contributed by atoms with Gasteiger partial charge in [-0.25, -0.2) is 4.99 Å². The molecule has 7 heteroatoms. The molecule has 1 amide bonds. The Morgan fingerprint density at radius 2 is 1.88 bits per heavy atom. The minimum absolute atomic E-state index is 0.0122. The summed E-state index contributed by atoms with van der Waals surface area (Å²) < 4.78 is 5.37. The molecule has 1 aliphatic heterocycles. The Kier molecular flexibility index (Phi) is 8.37. The highest BCUT2D eigenvalue weighted by atomic mass is 16.5. The standard InChI is InChI=1S/C19H31N5O2/c1-4-20-19(21-9-10-24-11-13-26-14-12-24)22-15-16-5-7-17(8-6-16)18(25)23(2)3/h5-8H,4,9-15H2,1-3H3,(H2,20,21,22). The van der Waals surface area contributed by atoms with Gasteiger partial charge in [-0.3, -0.25) is 9.69 Å². The van der Waals surface area contributed by atoms with Crippen LogP contribution in [-0.4, -0.2) is 81.7 Å². The van der Waals surface area contributed by atoms with Gasteiger partial charge in [-0.05, 0) is 24.6 Å². The van der Waals surface area contributed by atoms with E-state index in [4.69, 9.17) is 4.74 Å². The monoisotopic (exact) mass is 361 g/mol. The van der Waals surface area contributed by atoms with E-state index in [-0.39, 0.29) is 5.91 Å². The van der Waals surface area contributed by atoms with Gasteiger partial charge in [-0.2, -0.15) is 0 Å². The van der Waals surface area contributed by atoms with Gasteiger partial charge in [-0.1, -0.05) is 12.1 Å². The number of nitrogens with one attached hydrogen (secondary N) is 2. The van der Waals surface area contributed by atoms with E-state index < -0.39 is 0 Å². The Morgan fingerprint density at radius 3 is 2.50 bits per heavy atom. The summed E-state index contributed by atoms with van der Waals surface area (Å²) in [6.07, 6.45) is 0. The molecule has 1 aromatic carbocycles. The van der Waals surface area contributed by atoms with Crippen LogP contribution in [0.5, 0.6) is 0 Å². The van der Waals surface area contributed by atoms with Gasteiger partial charge in [0.1, 0.15) is 0 Å². The zero-order valence-corrected chi connectivity index (χ0v) is 16.1. The van der Waals surface area contributed by atoms with E-state index >= 15 is 0 Å². The number of aliphatic imine (C=N–C) groups is 1. The molecule has 2 rings (SSSR count). The summed E-state index contributed by atoms with van der Waals surface area (Å²) in [6.45, 7) is 8.91. The molecule has 1 aliphatic rings. The molecule has 2 N–H and O–H groups in total. The van der Waals surface area contributed by atoms with Crippen molar-refractivity contribution in [2.24, 2.45) is 4.99 Å². The number of hydrogen-bond donors (Lipinski definition) is 2. The summed E-state index contributed by atoms with van der Waals surface area (Å²) in [7, 11) is 3.51. The van der Waals surface area contributed by atoms with Crippen molar-refractivity contribution in [3.05, 3.63) is 35.4 Å². The minimum atomic E-state index is 0.0122. The number of carbonyl (C=O) groups is 1. The Balaban J connectivity index is 1.84. The Hall–Kier alpha value is -2.12. The van der Waals surface area contributed by atoms with E-state index in [1.807, 2.05) is 24.3 Å². The van der Waals surface area contributed by atoms with Crippen molar-refractivity contribution in [3.63, 3.8) is 0 Å². The number of guanidine groups is 1. The number of benzene rings is 1. The van der Waals surface area contributed by atoms with Crippen LogP contribution in [0.3, 0.4) is 0 Å². The maximum absolute atomic E-state index is 11.9. The van der Waals surface area contributed by atoms with Crippen molar-refractivity contribution in [1.82, 2.24) is 20.4 Å². The Morgan fingerprint density at radius 1 is 1.19 bits per heavy atom. The first-order chi connectivity index (χ1) is 12.6. The fourth-order valence-corrected chi connectivity index (χ4v) is 2.68. The maximum atomic E-state index is 11.9. The van der Waals surface area contributed by atoms with Gasteiger partial charge in [0.15, 0.2) is 5.96 Å². The highest BCUT2D eigenvalue weighted by Crippen LogP contribution is 2.07. The maximum Gasteiger partial charge on any atom is 0.253 e. The van der Waals surface area contributed by atoms with Gasteiger partial charge in [-0.15, -0.1) is 0 Å². The lowest BCUT2D eigenvalue weighted by molar-refractivity contribution is 0.0389. The van der Waals surface area contributed by atoms with Crippen molar-refractivity contribution in [1.29, 1.82) is 0 Å². The molecule has 1 heterocycles.